The zero-order valence-corrected chi connectivity index (χ0v) is 17.1. The van der Waals surface area contributed by atoms with Crippen LogP contribution in [0.5, 0.6) is 0 Å². The molecule has 0 bridgehead atoms. The third-order valence-corrected chi connectivity index (χ3v) is 5.85. The first kappa shape index (κ1) is 19.1. The quantitative estimate of drug-likeness (QED) is 0.490. The Bertz CT molecular complexity index is 1280. The molecule has 4 aromatic rings. The molecule has 156 valence electrons. The number of nitrogens with zero attached hydrogens (tertiary/aromatic N) is 5. The number of terminal acetylenes is 1. The maximum absolute atomic E-state index is 12.5. The van der Waals surface area contributed by atoms with Crippen LogP contribution in [0.2, 0.25) is 0 Å². The highest BCUT2D eigenvalue weighted by Gasteiger charge is 2.24. The molecule has 4 aromatic heterocycles. The summed E-state index contributed by atoms with van der Waals surface area (Å²) in [5.74, 6) is 0.0405. The van der Waals surface area contributed by atoms with Crippen LogP contribution in [-0.2, 0) is 11.2 Å². The fourth-order valence-corrected chi connectivity index (χ4v) is 4.26. The number of hydrogen-bond acceptors (Lipinski definition) is 5. The highest BCUT2D eigenvalue weighted by molar-refractivity contribution is 5.97. The second-order valence-electron chi connectivity index (χ2n) is 7.83. The maximum atomic E-state index is 12.5. The number of hydrogen-bond donors (Lipinski definition) is 2. The van der Waals surface area contributed by atoms with Gasteiger partial charge >= 0.3 is 0 Å². The standard InChI is InChI=1S/C23H23N7O/c1-2-29-12-4-5-16(15-29)23(31)25-10-7-17-13-19-18(8-11-24-22(19)28-17)20-14-27-30-21(20)6-3-9-26-30/h1,3,6,8-9,11,13-14,16H,4-5,7,10,12,15H2,(H,24,28)(H,25,31)/t16-/m0/s1. The summed E-state index contributed by atoms with van der Waals surface area (Å²) in [5.41, 5.74) is 4.85. The molecule has 1 amide bonds. The Labute approximate surface area is 179 Å². The van der Waals surface area contributed by atoms with Crippen molar-refractivity contribution in [2.75, 3.05) is 19.6 Å². The molecule has 1 aliphatic rings. The molecule has 8 heteroatoms. The molecular formula is C23H23N7O. The van der Waals surface area contributed by atoms with E-state index in [1.54, 1.807) is 17.0 Å². The SMILES string of the molecule is C#CN1CCC[C@H](C(=O)NCCc2cc3c(-c4cnn5ncccc45)ccnc3[nH]2)C1. The van der Waals surface area contributed by atoms with Crippen molar-refractivity contribution in [2.24, 2.45) is 5.92 Å². The lowest BCUT2D eigenvalue weighted by Crippen LogP contribution is -2.41. The van der Waals surface area contributed by atoms with E-state index in [4.69, 9.17) is 6.42 Å². The first-order valence-corrected chi connectivity index (χ1v) is 10.5. The van der Waals surface area contributed by atoms with Crippen LogP contribution in [0.25, 0.3) is 27.7 Å². The van der Waals surface area contributed by atoms with Gasteiger partial charge in [0, 0.05) is 61.1 Å². The van der Waals surface area contributed by atoms with Crippen molar-refractivity contribution in [2.45, 2.75) is 19.3 Å². The summed E-state index contributed by atoms with van der Waals surface area (Å²) in [7, 11) is 0. The predicted molar refractivity (Wildman–Crippen MR) is 118 cm³/mol. The largest absolute Gasteiger partial charge is 0.355 e. The topological polar surface area (TPSA) is 91.2 Å². The van der Waals surface area contributed by atoms with Gasteiger partial charge in [0.2, 0.25) is 5.91 Å². The van der Waals surface area contributed by atoms with Gasteiger partial charge in [-0.1, -0.05) is 6.42 Å². The van der Waals surface area contributed by atoms with Crippen LogP contribution in [0.1, 0.15) is 18.5 Å². The number of amides is 1. The van der Waals surface area contributed by atoms with E-state index in [1.165, 1.54) is 0 Å². The van der Waals surface area contributed by atoms with Gasteiger partial charge in [0.1, 0.15) is 5.65 Å². The Kier molecular flexibility index (Phi) is 5.00. The number of H-pyrrole nitrogens is 1. The average Bonchev–Trinajstić information content (AvgIpc) is 3.43. The van der Waals surface area contributed by atoms with Crippen molar-refractivity contribution in [1.29, 1.82) is 0 Å². The first-order chi connectivity index (χ1) is 15.2. The molecule has 1 atom stereocenters. The highest BCUT2D eigenvalue weighted by atomic mass is 16.1. The fraction of sp³-hybridized carbons (Fsp3) is 0.304. The number of piperidine rings is 1. The minimum atomic E-state index is -0.0370. The van der Waals surface area contributed by atoms with Crippen molar-refractivity contribution < 1.29 is 4.79 Å². The maximum Gasteiger partial charge on any atom is 0.224 e. The van der Waals surface area contributed by atoms with Gasteiger partial charge in [-0.25, -0.2) is 4.98 Å². The minimum Gasteiger partial charge on any atom is -0.355 e. The normalized spacial score (nSPS) is 16.5. The summed E-state index contributed by atoms with van der Waals surface area (Å²) in [6.07, 6.45) is 13.4. The van der Waals surface area contributed by atoms with Gasteiger partial charge in [-0.05, 0) is 42.7 Å². The summed E-state index contributed by atoms with van der Waals surface area (Å²) in [5, 5.41) is 12.7. The predicted octanol–water partition coefficient (Wildman–Crippen LogP) is 2.23. The van der Waals surface area contributed by atoms with E-state index in [2.05, 4.69) is 37.6 Å². The van der Waals surface area contributed by atoms with Gasteiger partial charge in [-0.3, -0.25) is 4.79 Å². The molecule has 1 saturated heterocycles. The molecule has 0 spiro atoms. The number of aromatic amines is 1. The van der Waals surface area contributed by atoms with Gasteiger partial charge in [0.25, 0.3) is 0 Å². The van der Waals surface area contributed by atoms with E-state index in [-0.39, 0.29) is 11.8 Å². The van der Waals surface area contributed by atoms with Gasteiger partial charge in [0.05, 0.1) is 17.6 Å². The smallest absolute Gasteiger partial charge is 0.224 e. The van der Waals surface area contributed by atoms with E-state index in [0.29, 0.717) is 19.5 Å². The molecule has 5 heterocycles. The Balaban J connectivity index is 1.30. The molecule has 1 aliphatic heterocycles. The van der Waals surface area contributed by atoms with Gasteiger partial charge < -0.3 is 15.2 Å². The second kappa shape index (κ2) is 8.11. The second-order valence-corrected chi connectivity index (χ2v) is 7.83. The molecule has 0 unspecified atom stereocenters. The molecular weight excluding hydrogens is 390 g/mol. The van der Waals surface area contributed by atoms with Gasteiger partial charge in [-0.2, -0.15) is 14.8 Å². The number of carbonyl (C=O) groups excluding carboxylic acids is 1. The van der Waals surface area contributed by atoms with Crippen molar-refractivity contribution in [3.8, 4) is 23.6 Å². The minimum absolute atomic E-state index is 0.0370. The van der Waals surface area contributed by atoms with Crippen molar-refractivity contribution in [3.05, 3.63) is 48.5 Å². The highest BCUT2D eigenvalue weighted by Crippen LogP contribution is 2.30. The molecule has 2 N–H and O–H groups in total. The summed E-state index contributed by atoms with van der Waals surface area (Å²) in [6, 6.07) is 10.6. The lowest BCUT2D eigenvalue weighted by molar-refractivity contribution is -0.126. The van der Waals surface area contributed by atoms with E-state index in [0.717, 1.165) is 52.8 Å². The molecule has 0 aromatic carbocycles. The zero-order chi connectivity index (χ0) is 21.2. The van der Waals surface area contributed by atoms with E-state index < -0.39 is 0 Å². The lowest BCUT2D eigenvalue weighted by atomic mass is 9.97. The van der Waals surface area contributed by atoms with E-state index in [9.17, 15) is 4.79 Å². The van der Waals surface area contributed by atoms with Crippen LogP contribution in [0.15, 0.2) is 42.9 Å². The molecule has 8 nitrogen and oxygen atoms in total. The number of fused-ring (bicyclic) bond motifs is 2. The summed E-state index contributed by atoms with van der Waals surface area (Å²) < 4.78 is 1.62. The summed E-state index contributed by atoms with van der Waals surface area (Å²) in [6.45, 7) is 2.07. The average molecular weight is 413 g/mol. The number of aromatic nitrogens is 5. The van der Waals surface area contributed by atoms with Crippen molar-refractivity contribution >= 4 is 22.5 Å². The summed E-state index contributed by atoms with van der Waals surface area (Å²) in [4.78, 5) is 22.2. The molecule has 0 radical (unpaired) electrons. The number of nitrogens with one attached hydrogen (secondary N) is 2. The van der Waals surface area contributed by atoms with Crippen LogP contribution < -0.4 is 5.32 Å². The van der Waals surface area contributed by atoms with Gasteiger partial charge in [-0.15, -0.1) is 0 Å². The fourth-order valence-electron chi connectivity index (χ4n) is 4.26. The Morgan fingerprint density at radius 1 is 1.29 bits per heavy atom. The number of rotatable bonds is 5. The summed E-state index contributed by atoms with van der Waals surface area (Å²) >= 11 is 0. The molecule has 0 aliphatic carbocycles. The molecule has 31 heavy (non-hydrogen) atoms. The van der Waals surface area contributed by atoms with Crippen LogP contribution in [0.4, 0.5) is 0 Å². The zero-order valence-electron chi connectivity index (χ0n) is 17.1. The Hall–Kier alpha value is -3.86. The number of pyridine rings is 1. The van der Waals surface area contributed by atoms with Crippen LogP contribution in [0.3, 0.4) is 0 Å². The van der Waals surface area contributed by atoms with Crippen LogP contribution in [0, 0.1) is 18.4 Å². The Morgan fingerprint density at radius 2 is 2.23 bits per heavy atom. The third-order valence-electron chi connectivity index (χ3n) is 5.85. The third kappa shape index (κ3) is 3.70. The first-order valence-electron chi connectivity index (χ1n) is 10.5. The number of likely N-dealkylation sites (tertiary alicyclic amines) is 1. The van der Waals surface area contributed by atoms with Gasteiger partial charge in [0.15, 0.2) is 0 Å². The van der Waals surface area contributed by atoms with Crippen LogP contribution in [-0.4, -0.2) is 55.2 Å². The van der Waals surface area contributed by atoms with Crippen molar-refractivity contribution in [1.82, 2.24) is 35.0 Å². The van der Waals surface area contributed by atoms with E-state index in [1.807, 2.05) is 29.3 Å². The van der Waals surface area contributed by atoms with E-state index >= 15 is 0 Å². The number of carbonyl (C=O) groups is 1. The van der Waals surface area contributed by atoms with Crippen molar-refractivity contribution in [3.63, 3.8) is 0 Å². The molecule has 5 rings (SSSR count). The van der Waals surface area contributed by atoms with Crippen LogP contribution >= 0.6 is 0 Å². The monoisotopic (exact) mass is 413 g/mol. The molecule has 1 fully saturated rings. The lowest BCUT2D eigenvalue weighted by Gasteiger charge is -2.29. The Morgan fingerprint density at radius 3 is 3.13 bits per heavy atom. The molecule has 0 saturated carbocycles.